The number of anilines is 1. The van der Waals surface area contributed by atoms with E-state index in [1.54, 1.807) is 23.1 Å². The van der Waals surface area contributed by atoms with Crippen molar-refractivity contribution in [1.29, 1.82) is 0 Å². The third kappa shape index (κ3) is 3.78. The van der Waals surface area contributed by atoms with Crippen LogP contribution in [0.3, 0.4) is 0 Å². The fourth-order valence-electron chi connectivity index (χ4n) is 2.19. The van der Waals surface area contributed by atoms with Crippen molar-refractivity contribution in [3.05, 3.63) is 23.2 Å². The van der Waals surface area contributed by atoms with Gasteiger partial charge >= 0.3 is 6.03 Å². The maximum Gasteiger partial charge on any atom is 0.322 e. The number of urea groups is 1. The number of β-amino-alcohol motifs (C(OH)–C–C–N with tert-alkyl or cyclic N) is 1. The molecule has 1 unspecified atom stereocenters. The number of nitrogens with one attached hydrogen (secondary N) is 1. The van der Waals surface area contributed by atoms with Crippen LogP contribution in [0.4, 0.5) is 10.5 Å². The summed E-state index contributed by atoms with van der Waals surface area (Å²) in [4.78, 5) is 13.7. The predicted octanol–water partition coefficient (Wildman–Crippen LogP) is 1.72. The Kier molecular flexibility index (Phi) is 4.19. The van der Waals surface area contributed by atoms with Gasteiger partial charge in [-0.05, 0) is 24.6 Å². The predicted molar refractivity (Wildman–Crippen MR) is 77.9 cm³/mol. The van der Waals surface area contributed by atoms with Crippen LogP contribution in [0.25, 0.3) is 0 Å². The molecular formula is C14H17ClN2O4. The largest absolute Gasteiger partial charge is 0.489 e. The van der Waals surface area contributed by atoms with E-state index in [9.17, 15) is 9.90 Å². The lowest BCUT2D eigenvalue weighted by atomic mass is 10.3. The summed E-state index contributed by atoms with van der Waals surface area (Å²) in [5, 5.41) is 12.8. The van der Waals surface area contributed by atoms with Crippen molar-refractivity contribution in [3.63, 3.8) is 0 Å². The number of carbonyl (C=O) groups is 1. The van der Waals surface area contributed by atoms with E-state index < -0.39 is 6.10 Å². The summed E-state index contributed by atoms with van der Waals surface area (Å²) in [6.45, 7) is 2.05. The molecule has 7 heteroatoms. The second kappa shape index (κ2) is 6.09. The minimum Gasteiger partial charge on any atom is -0.489 e. The van der Waals surface area contributed by atoms with Gasteiger partial charge in [0.2, 0.25) is 0 Å². The topological polar surface area (TPSA) is 74.3 Å². The first-order chi connectivity index (χ1) is 10.1. The Morgan fingerprint density at radius 3 is 3.05 bits per heavy atom. The van der Waals surface area contributed by atoms with Gasteiger partial charge < -0.3 is 24.8 Å². The van der Waals surface area contributed by atoms with Crippen LogP contribution >= 0.6 is 11.6 Å². The zero-order valence-electron chi connectivity index (χ0n) is 11.4. The van der Waals surface area contributed by atoms with Gasteiger partial charge in [-0.2, -0.15) is 0 Å². The summed E-state index contributed by atoms with van der Waals surface area (Å²) in [6, 6.07) is 4.81. The van der Waals surface area contributed by atoms with E-state index in [1.165, 1.54) is 0 Å². The van der Waals surface area contributed by atoms with Crippen molar-refractivity contribution >= 4 is 23.3 Å². The van der Waals surface area contributed by atoms with Gasteiger partial charge in [-0.15, -0.1) is 0 Å². The maximum atomic E-state index is 12.2. The molecule has 2 saturated heterocycles. The van der Waals surface area contributed by atoms with E-state index in [1.807, 2.05) is 0 Å². The molecule has 21 heavy (non-hydrogen) atoms. The molecule has 2 heterocycles. The van der Waals surface area contributed by atoms with Crippen LogP contribution in [0, 0.1) is 0 Å². The van der Waals surface area contributed by atoms with Crippen molar-refractivity contribution in [2.45, 2.75) is 18.6 Å². The van der Waals surface area contributed by atoms with Crippen molar-refractivity contribution < 1.29 is 19.4 Å². The van der Waals surface area contributed by atoms with Gasteiger partial charge in [-0.1, -0.05) is 11.6 Å². The summed E-state index contributed by atoms with van der Waals surface area (Å²) in [6.07, 6.45) is 0.293. The van der Waals surface area contributed by atoms with Crippen molar-refractivity contribution in [1.82, 2.24) is 4.90 Å². The highest BCUT2D eigenvalue weighted by Gasteiger charge is 2.26. The van der Waals surface area contributed by atoms with Crippen LogP contribution in [0.15, 0.2) is 18.2 Å². The molecule has 0 saturated carbocycles. The van der Waals surface area contributed by atoms with Gasteiger partial charge in [0.1, 0.15) is 18.5 Å². The van der Waals surface area contributed by atoms with Gasteiger partial charge in [-0.3, -0.25) is 0 Å². The molecule has 2 N–H and O–H groups in total. The monoisotopic (exact) mass is 312 g/mol. The minimum absolute atomic E-state index is 0.137. The molecule has 3 rings (SSSR count). The fraction of sp³-hybridized carbons (Fsp3) is 0.500. The third-order valence-electron chi connectivity index (χ3n) is 3.46. The highest BCUT2D eigenvalue weighted by molar-refractivity contribution is 6.31. The Hall–Kier alpha value is -1.50. The van der Waals surface area contributed by atoms with Crippen molar-refractivity contribution in [2.75, 3.05) is 31.6 Å². The summed E-state index contributed by atoms with van der Waals surface area (Å²) >= 11 is 5.97. The first kappa shape index (κ1) is 14.4. The molecule has 2 amide bonds. The van der Waals surface area contributed by atoms with E-state index in [-0.39, 0.29) is 12.1 Å². The number of carbonyl (C=O) groups excluding carboxylic acids is 1. The van der Waals surface area contributed by atoms with Crippen molar-refractivity contribution in [2.24, 2.45) is 0 Å². The van der Waals surface area contributed by atoms with E-state index in [0.29, 0.717) is 49.2 Å². The minimum atomic E-state index is -0.446. The number of hydrogen-bond donors (Lipinski definition) is 2. The molecule has 1 aromatic rings. The summed E-state index contributed by atoms with van der Waals surface area (Å²) < 4.78 is 10.7. The second-order valence-corrected chi connectivity index (χ2v) is 5.66. The average molecular weight is 313 g/mol. The van der Waals surface area contributed by atoms with Crippen LogP contribution in [-0.2, 0) is 4.74 Å². The standard InChI is InChI=1S/C14H17ClN2O4/c15-9-1-2-13(21-8-11-7-20-11)12(5-9)16-14(19)17-4-3-10(18)6-17/h1-2,5,10-11,18H,3-4,6-8H2,(H,16,19)/t10?,11-/m0/s1. The number of likely N-dealkylation sites (tertiary alicyclic amines) is 1. The van der Waals surface area contributed by atoms with Gasteiger partial charge in [0.25, 0.3) is 0 Å². The number of aliphatic hydroxyl groups is 1. The number of epoxide rings is 1. The number of benzene rings is 1. The molecule has 1 aromatic carbocycles. The smallest absolute Gasteiger partial charge is 0.322 e. The van der Waals surface area contributed by atoms with Crippen LogP contribution < -0.4 is 10.1 Å². The van der Waals surface area contributed by atoms with Gasteiger partial charge in [0.15, 0.2) is 0 Å². The lowest BCUT2D eigenvalue weighted by Crippen LogP contribution is -2.33. The van der Waals surface area contributed by atoms with E-state index in [4.69, 9.17) is 21.1 Å². The summed E-state index contributed by atoms with van der Waals surface area (Å²) in [7, 11) is 0. The first-order valence-electron chi connectivity index (χ1n) is 6.90. The van der Waals surface area contributed by atoms with E-state index in [0.717, 1.165) is 0 Å². The Balaban J connectivity index is 1.67. The van der Waals surface area contributed by atoms with Crippen LogP contribution in [0.5, 0.6) is 5.75 Å². The molecule has 0 aromatic heterocycles. The van der Waals surface area contributed by atoms with Crippen LogP contribution in [0.2, 0.25) is 5.02 Å². The number of amides is 2. The highest BCUT2D eigenvalue weighted by Crippen LogP contribution is 2.29. The second-order valence-electron chi connectivity index (χ2n) is 5.23. The molecular weight excluding hydrogens is 296 g/mol. The Labute approximate surface area is 127 Å². The van der Waals surface area contributed by atoms with Crippen LogP contribution in [-0.4, -0.2) is 54.5 Å². The van der Waals surface area contributed by atoms with Gasteiger partial charge in [0.05, 0.1) is 18.4 Å². The fourth-order valence-corrected chi connectivity index (χ4v) is 2.37. The van der Waals surface area contributed by atoms with E-state index in [2.05, 4.69) is 5.32 Å². The Bertz CT molecular complexity index is 536. The molecule has 6 nitrogen and oxygen atoms in total. The third-order valence-corrected chi connectivity index (χ3v) is 3.70. The molecule has 2 aliphatic heterocycles. The summed E-state index contributed by atoms with van der Waals surface area (Å²) in [5.74, 6) is 0.558. The zero-order valence-corrected chi connectivity index (χ0v) is 12.2. The number of nitrogens with zero attached hydrogens (tertiary/aromatic N) is 1. The molecule has 0 aliphatic carbocycles. The molecule has 2 fully saturated rings. The number of aliphatic hydroxyl groups excluding tert-OH is 1. The van der Waals surface area contributed by atoms with Gasteiger partial charge in [-0.25, -0.2) is 4.79 Å². The number of hydrogen-bond acceptors (Lipinski definition) is 4. The average Bonchev–Trinajstić information content (AvgIpc) is 3.18. The van der Waals surface area contributed by atoms with E-state index >= 15 is 0 Å². The zero-order chi connectivity index (χ0) is 14.8. The molecule has 0 radical (unpaired) electrons. The number of ether oxygens (including phenoxy) is 2. The van der Waals surface area contributed by atoms with Gasteiger partial charge in [0, 0.05) is 18.1 Å². The molecule has 114 valence electrons. The molecule has 2 aliphatic rings. The Morgan fingerprint density at radius 1 is 1.57 bits per heavy atom. The lowest BCUT2D eigenvalue weighted by Gasteiger charge is -2.18. The number of rotatable bonds is 4. The quantitative estimate of drug-likeness (QED) is 0.830. The highest BCUT2D eigenvalue weighted by atomic mass is 35.5. The molecule has 2 atom stereocenters. The first-order valence-corrected chi connectivity index (χ1v) is 7.27. The van der Waals surface area contributed by atoms with Crippen LogP contribution in [0.1, 0.15) is 6.42 Å². The summed E-state index contributed by atoms with van der Waals surface area (Å²) in [5.41, 5.74) is 0.523. The molecule has 0 spiro atoms. The SMILES string of the molecule is O=C(Nc1cc(Cl)ccc1OC[C@@H]1CO1)N1CCC(O)C1. The Morgan fingerprint density at radius 2 is 2.38 bits per heavy atom. The maximum absolute atomic E-state index is 12.2. The lowest BCUT2D eigenvalue weighted by molar-refractivity contribution is 0.176. The number of halogens is 1. The molecule has 0 bridgehead atoms. The van der Waals surface area contributed by atoms with Crippen molar-refractivity contribution in [3.8, 4) is 5.75 Å². The normalized spacial score (nSPS) is 24.0.